The molecule has 0 amide bonds. The third-order valence-electron chi connectivity index (χ3n) is 3.10. The normalized spacial score (nSPS) is 23.6. The van der Waals surface area contributed by atoms with Gasteiger partial charge in [0.2, 0.25) is 0 Å². The zero-order chi connectivity index (χ0) is 12.6. The highest BCUT2D eigenvalue weighted by atomic mass is 16.5. The fourth-order valence-corrected chi connectivity index (χ4v) is 2.02. The molecule has 6 heteroatoms. The maximum atomic E-state index is 10.1. The minimum absolute atomic E-state index is 0.336. The molecule has 18 heavy (non-hydrogen) atoms. The Hall–Kier alpha value is -1.79. The van der Waals surface area contributed by atoms with Crippen molar-refractivity contribution in [3.8, 4) is 0 Å². The van der Waals surface area contributed by atoms with Crippen LogP contribution in [0.1, 0.15) is 6.42 Å². The predicted octanol–water partition coefficient (Wildman–Crippen LogP) is 0.973. The SMILES string of the molecule is Nc1cccc2oc(NCC3(O)CCOC3)nc12. The van der Waals surface area contributed by atoms with Gasteiger partial charge in [0.25, 0.3) is 6.01 Å². The molecule has 1 aromatic carbocycles. The van der Waals surface area contributed by atoms with E-state index in [-0.39, 0.29) is 0 Å². The van der Waals surface area contributed by atoms with Crippen LogP contribution in [0.2, 0.25) is 0 Å². The Morgan fingerprint density at radius 3 is 3.11 bits per heavy atom. The number of nitrogens with one attached hydrogen (secondary N) is 1. The third-order valence-corrected chi connectivity index (χ3v) is 3.10. The van der Waals surface area contributed by atoms with Gasteiger partial charge in [-0.25, -0.2) is 0 Å². The summed E-state index contributed by atoms with van der Waals surface area (Å²) in [6.45, 7) is 1.26. The number of nitrogens with zero attached hydrogens (tertiary/aromatic N) is 1. The lowest BCUT2D eigenvalue weighted by molar-refractivity contribution is 0.0378. The van der Waals surface area contributed by atoms with Gasteiger partial charge in [0.1, 0.15) is 11.1 Å². The number of aromatic nitrogens is 1. The molecule has 0 saturated carbocycles. The van der Waals surface area contributed by atoms with Gasteiger partial charge < -0.3 is 25.3 Å². The number of rotatable bonds is 3. The zero-order valence-electron chi connectivity index (χ0n) is 9.85. The van der Waals surface area contributed by atoms with E-state index in [0.717, 1.165) is 0 Å². The Balaban J connectivity index is 1.77. The number of benzene rings is 1. The van der Waals surface area contributed by atoms with Crippen LogP contribution >= 0.6 is 0 Å². The summed E-state index contributed by atoms with van der Waals surface area (Å²) in [5.41, 5.74) is 6.79. The molecule has 0 aliphatic carbocycles. The van der Waals surface area contributed by atoms with E-state index in [0.29, 0.717) is 49.0 Å². The molecule has 4 N–H and O–H groups in total. The quantitative estimate of drug-likeness (QED) is 0.702. The number of nitrogens with two attached hydrogens (primary N) is 1. The number of nitrogen functional groups attached to an aromatic ring is 1. The molecule has 2 heterocycles. The molecule has 1 atom stereocenters. The first-order valence-corrected chi connectivity index (χ1v) is 5.85. The van der Waals surface area contributed by atoms with Crippen LogP contribution in [0.3, 0.4) is 0 Å². The minimum Gasteiger partial charge on any atom is -0.423 e. The van der Waals surface area contributed by atoms with E-state index in [1.165, 1.54) is 0 Å². The molecule has 2 aromatic rings. The molecule has 6 nitrogen and oxygen atoms in total. The Kier molecular flexibility index (Phi) is 2.61. The lowest BCUT2D eigenvalue weighted by Crippen LogP contribution is -2.37. The first-order chi connectivity index (χ1) is 8.66. The summed E-state index contributed by atoms with van der Waals surface area (Å²) in [5.74, 6) is 0. The molecule has 0 spiro atoms. The third kappa shape index (κ3) is 2.00. The highest BCUT2D eigenvalue weighted by Crippen LogP contribution is 2.25. The summed E-state index contributed by atoms with van der Waals surface area (Å²) in [6.07, 6.45) is 0.613. The Labute approximate surface area is 104 Å². The highest BCUT2D eigenvalue weighted by molar-refractivity contribution is 5.86. The summed E-state index contributed by atoms with van der Waals surface area (Å²) in [6, 6.07) is 5.75. The number of para-hydroxylation sites is 1. The van der Waals surface area contributed by atoms with Gasteiger partial charge in [0.15, 0.2) is 5.58 Å². The fraction of sp³-hybridized carbons (Fsp3) is 0.417. The van der Waals surface area contributed by atoms with Gasteiger partial charge in [-0.3, -0.25) is 0 Å². The van der Waals surface area contributed by atoms with Gasteiger partial charge in [0.05, 0.1) is 18.8 Å². The molecule has 1 aliphatic rings. The van der Waals surface area contributed by atoms with Crippen LogP contribution in [0.5, 0.6) is 0 Å². The summed E-state index contributed by atoms with van der Waals surface area (Å²) >= 11 is 0. The summed E-state index contributed by atoms with van der Waals surface area (Å²) < 4.78 is 10.7. The van der Waals surface area contributed by atoms with Crippen LogP contribution in [0, 0.1) is 0 Å². The van der Waals surface area contributed by atoms with Crippen molar-refractivity contribution in [3.05, 3.63) is 18.2 Å². The van der Waals surface area contributed by atoms with Crippen LogP contribution in [-0.2, 0) is 4.74 Å². The van der Waals surface area contributed by atoms with Crippen LogP contribution in [0.25, 0.3) is 11.1 Å². The molecule has 0 bridgehead atoms. The van der Waals surface area contributed by atoms with Gasteiger partial charge >= 0.3 is 0 Å². The van der Waals surface area contributed by atoms with E-state index in [1.807, 2.05) is 6.07 Å². The summed E-state index contributed by atoms with van der Waals surface area (Å²) in [7, 11) is 0. The van der Waals surface area contributed by atoms with E-state index in [4.69, 9.17) is 14.9 Å². The average Bonchev–Trinajstić information content (AvgIpc) is 2.94. The standard InChI is InChI=1S/C12H15N3O3/c13-8-2-1-3-9-10(8)15-11(18-9)14-6-12(16)4-5-17-7-12/h1-3,16H,4-7,13H2,(H,14,15). The van der Waals surface area contributed by atoms with Crippen molar-refractivity contribution >= 4 is 22.8 Å². The lowest BCUT2D eigenvalue weighted by Gasteiger charge is -2.19. The summed E-state index contributed by atoms with van der Waals surface area (Å²) in [5, 5.41) is 13.1. The molecule has 1 unspecified atom stereocenters. The van der Waals surface area contributed by atoms with Gasteiger partial charge in [-0.2, -0.15) is 4.98 Å². The maximum absolute atomic E-state index is 10.1. The monoisotopic (exact) mass is 249 g/mol. The Bertz CT molecular complexity index is 561. The molecule has 1 saturated heterocycles. The average molecular weight is 249 g/mol. The Morgan fingerprint density at radius 2 is 2.39 bits per heavy atom. The molecule has 3 rings (SSSR count). The van der Waals surface area contributed by atoms with Gasteiger partial charge in [0, 0.05) is 13.0 Å². The zero-order valence-corrected chi connectivity index (χ0v) is 9.85. The lowest BCUT2D eigenvalue weighted by atomic mass is 10.0. The van der Waals surface area contributed by atoms with Gasteiger partial charge in [-0.05, 0) is 12.1 Å². The fourth-order valence-electron chi connectivity index (χ4n) is 2.02. The topological polar surface area (TPSA) is 93.5 Å². The molecule has 1 fully saturated rings. The first-order valence-electron chi connectivity index (χ1n) is 5.85. The van der Waals surface area contributed by atoms with Crippen molar-refractivity contribution in [1.82, 2.24) is 4.98 Å². The van der Waals surface area contributed by atoms with Crippen LogP contribution in [0.4, 0.5) is 11.7 Å². The Morgan fingerprint density at radius 1 is 1.50 bits per heavy atom. The predicted molar refractivity (Wildman–Crippen MR) is 67.3 cm³/mol. The molecule has 96 valence electrons. The van der Waals surface area contributed by atoms with Crippen molar-refractivity contribution in [2.75, 3.05) is 30.8 Å². The van der Waals surface area contributed by atoms with Crippen molar-refractivity contribution in [1.29, 1.82) is 0 Å². The summed E-state index contributed by atoms with van der Waals surface area (Å²) in [4.78, 5) is 4.25. The minimum atomic E-state index is -0.841. The number of oxazole rings is 1. The number of aliphatic hydroxyl groups is 1. The van der Waals surface area contributed by atoms with Crippen molar-refractivity contribution in [3.63, 3.8) is 0 Å². The van der Waals surface area contributed by atoms with Crippen molar-refractivity contribution in [2.45, 2.75) is 12.0 Å². The van der Waals surface area contributed by atoms with Crippen LogP contribution in [-0.4, -0.2) is 35.5 Å². The molecular formula is C12H15N3O3. The van der Waals surface area contributed by atoms with Gasteiger partial charge in [-0.1, -0.05) is 6.07 Å². The van der Waals surface area contributed by atoms with E-state index in [9.17, 15) is 5.11 Å². The molecule has 1 aromatic heterocycles. The van der Waals surface area contributed by atoms with Crippen molar-refractivity contribution < 1.29 is 14.3 Å². The van der Waals surface area contributed by atoms with Crippen LogP contribution < -0.4 is 11.1 Å². The number of fused-ring (bicyclic) bond motifs is 1. The molecular weight excluding hydrogens is 234 g/mol. The second kappa shape index (κ2) is 4.15. The van der Waals surface area contributed by atoms with Crippen LogP contribution in [0.15, 0.2) is 22.6 Å². The van der Waals surface area contributed by atoms with E-state index >= 15 is 0 Å². The first kappa shape index (κ1) is 11.3. The van der Waals surface area contributed by atoms with E-state index in [1.54, 1.807) is 12.1 Å². The number of hydrogen-bond donors (Lipinski definition) is 3. The largest absolute Gasteiger partial charge is 0.423 e. The molecule has 1 aliphatic heterocycles. The van der Waals surface area contributed by atoms with E-state index < -0.39 is 5.60 Å². The second-order valence-electron chi connectivity index (χ2n) is 4.59. The molecule has 0 radical (unpaired) electrons. The van der Waals surface area contributed by atoms with E-state index in [2.05, 4.69) is 10.3 Å². The number of ether oxygens (including phenoxy) is 1. The van der Waals surface area contributed by atoms with Gasteiger partial charge in [-0.15, -0.1) is 0 Å². The highest BCUT2D eigenvalue weighted by Gasteiger charge is 2.32. The number of hydrogen-bond acceptors (Lipinski definition) is 6. The smallest absolute Gasteiger partial charge is 0.295 e. The number of anilines is 2. The maximum Gasteiger partial charge on any atom is 0.295 e. The van der Waals surface area contributed by atoms with Crippen molar-refractivity contribution in [2.24, 2.45) is 0 Å². The second-order valence-corrected chi connectivity index (χ2v) is 4.59.